The molecule has 0 rings (SSSR count). The molecule has 1 N–H and O–H groups in total. The summed E-state index contributed by atoms with van der Waals surface area (Å²) in [5.74, 6) is -0.325. The quantitative estimate of drug-likeness (QED) is 0.0222. The number of ether oxygens (including phenoxy) is 2. The van der Waals surface area contributed by atoms with Crippen LogP contribution in [0.3, 0.4) is 0 Å². The molecule has 0 aromatic carbocycles. The van der Waals surface area contributed by atoms with Crippen molar-refractivity contribution in [2.24, 2.45) is 0 Å². The molecule has 0 aliphatic carbocycles. The Bertz CT molecular complexity index is 858. The van der Waals surface area contributed by atoms with E-state index in [1.165, 1.54) is 109 Å². The van der Waals surface area contributed by atoms with Crippen LogP contribution in [0.2, 0.25) is 0 Å². The van der Waals surface area contributed by atoms with E-state index in [0.717, 1.165) is 44.9 Å². The average Bonchev–Trinajstić information content (AvgIpc) is 3.06. The standard InChI is InChI=1S/C41H80NO7P/c1-6-8-10-12-14-16-18-20-22-24-26-28-30-32-34-41(43)49-40(39-48-50(44,45)47-37-35-42(3,4)5)38-46-36-33-31-29-27-25-23-21-19-17-15-13-11-9-7-2/h17-20,40H,6-16,21-39H2,1-5H3/p+1/b19-17-,20-18-. The number of quaternary nitrogens is 1. The summed E-state index contributed by atoms with van der Waals surface area (Å²) in [4.78, 5) is 22.8. The third-order valence-corrected chi connectivity index (χ3v) is 9.72. The van der Waals surface area contributed by atoms with Crippen LogP contribution in [0.25, 0.3) is 0 Å². The largest absolute Gasteiger partial charge is 0.472 e. The summed E-state index contributed by atoms with van der Waals surface area (Å²) in [6.07, 6.45) is 37.7. The molecule has 0 radical (unpaired) electrons. The molecule has 2 atom stereocenters. The van der Waals surface area contributed by atoms with Gasteiger partial charge in [0.25, 0.3) is 0 Å². The van der Waals surface area contributed by atoms with Gasteiger partial charge in [0.15, 0.2) is 0 Å². The van der Waals surface area contributed by atoms with Crippen molar-refractivity contribution in [2.75, 3.05) is 54.1 Å². The van der Waals surface area contributed by atoms with Crippen LogP contribution in [0.5, 0.6) is 0 Å². The van der Waals surface area contributed by atoms with Gasteiger partial charge in [-0.25, -0.2) is 4.57 Å². The molecule has 0 aromatic rings. The van der Waals surface area contributed by atoms with Gasteiger partial charge in [-0.1, -0.05) is 128 Å². The van der Waals surface area contributed by atoms with Crippen molar-refractivity contribution >= 4 is 13.8 Å². The van der Waals surface area contributed by atoms with Crippen LogP contribution >= 0.6 is 7.82 Å². The minimum atomic E-state index is -4.27. The Balaban J connectivity index is 4.29. The number of carbonyl (C=O) groups excluding carboxylic acids is 1. The van der Waals surface area contributed by atoms with Gasteiger partial charge in [-0.05, 0) is 64.2 Å². The number of phosphoric acid groups is 1. The fraction of sp³-hybridized carbons (Fsp3) is 0.878. The molecule has 0 amide bonds. The minimum Gasteiger partial charge on any atom is -0.457 e. The Hall–Kier alpha value is -1.02. The molecule has 0 spiro atoms. The molecule has 0 saturated heterocycles. The predicted octanol–water partition coefficient (Wildman–Crippen LogP) is 11.7. The fourth-order valence-corrected chi connectivity index (χ4v) is 6.22. The van der Waals surface area contributed by atoms with E-state index in [0.29, 0.717) is 24.1 Å². The van der Waals surface area contributed by atoms with Gasteiger partial charge in [-0.3, -0.25) is 13.8 Å². The topological polar surface area (TPSA) is 91.3 Å². The molecule has 0 saturated carbocycles. The second-order valence-corrected chi connectivity index (χ2v) is 16.5. The first-order valence-corrected chi connectivity index (χ1v) is 22.1. The van der Waals surface area contributed by atoms with Gasteiger partial charge in [0, 0.05) is 13.0 Å². The zero-order chi connectivity index (χ0) is 37.0. The van der Waals surface area contributed by atoms with E-state index in [9.17, 15) is 14.3 Å². The van der Waals surface area contributed by atoms with Gasteiger partial charge in [-0.15, -0.1) is 0 Å². The molecule has 8 nitrogen and oxygen atoms in total. The number of likely N-dealkylation sites (N-methyl/N-ethyl adjacent to an activating group) is 1. The maximum Gasteiger partial charge on any atom is 0.472 e. The van der Waals surface area contributed by atoms with Crippen LogP contribution in [-0.2, 0) is 27.9 Å². The molecule has 9 heteroatoms. The van der Waals surface area contributed by atoms with E-state index < -0.39 is 13.9 Å². The number of allylic oxidation sites excluding steroid dienone is 4. The summed E-state index contributed by atoms with van der Waals surface area (Å²) >= 11 is 0. The Morgan fingerprint density at radius 3 is 1.54 bits per heavy atom. The maximum atomic E-state index is 12.6. The smallest absolute Gasteiger partial charge is 0.457 e. The molecular formula is C41H81NO7P+. The summed E-state index contributed by atoms with van der Waals surface area (Å²) in [6.45, 7) is 5.58. The molecular weight excluding hydrogens is 649 g/mol. The van der Waals surface area contributed by atoms with Crippen molar-refractivity contribution in [2.45, 2.75) is 180 Å². The first-order valence-electron chi connectivity index (χ1n) is 20.6. The van der Waals surface area contributed by atoms with Crippen LogP contribution in [0, 0.1) is 0 Å². The number of phosphoric ester groups is 1. The highest BCUT2D eigenvalue weighted by molar-refractivity contribution is 7.47. The van der Waals surface area contributed by atoms with Crippen molar-refractivity contribution in [1.82, 2.24) is 0 Å². The monoisotopic (exact) mass is 731 g/mol. The third kappa shape index (κ3) is 38.2. The molecule has 296 valence electrons. The highest BCUT2D eigenvalue weighted by Crippen LogP contribution is 2.43. The Kier molecular flexibility index (Phi) is 34.3. The lowest BCUT2D eigenvalue weighted by Gasteiger charge is -2.24. The van der Waals surface area contributed by atoms with Gasteiger partial charge in [0.1, 0.15) is 19.3 Å². The third-order valence-electron chi connectivity index (χ3n) is 8.74. The van der Waals surface area contributed by atoms with Crippen molar-refractivity contribution in [3.8, 4) is 0 Å². The lowest BCUT2D eigenvalue weighted by Crippen LogP contribution is -2.37. The van der Waals surface area contributed by atoms with Gasteiger partial charge in [0.05, 0.1) is 34.4 Å². The van der Waals surface area contributed by atoms with Crippen LogP contribution < -0.4 is 0 Å². The normalized spacial score (nSPS) is 14.1. The van der Waals surface area contributed by atoms with Crippen molar-refractivity contribution < 1.29 is 37.3 Å². The number of unbranched alkanes of at least 4 members (excludes halogenated alkanes) is 20. The Morgan fingerprint density at radius 1 is 0.600 bits per heavy atom. The molecule has 0 aliphatic rings. The maximum absolute atomic E-state index is 12.6. The van der Waals surface area contributed by atoms with E-state index >= 15 is 0 Å². The highest BCUT2D eigenvalue weighted by atomic mass is 31.2. The van der Waals surface area contributed by atoms with Gasteiger partial charge < -0.3 is 18.9 Å². The number of esters is 1. The van der Waals surface area contributed by atoms with Crippen molar-refractivity contribution in [3.05, 3.63) is 24.3 Å². The predicted molar refractivity (Wildman–Crippen MR) is 210 cm³/mol. The molecule has 0 bridgehead atoms. The van der Waals surface area contributed by atoms with Crippen LogP contribution in [0.1, 0.15) is 174 Å². The Morgan fingerprint density at radius 2 is 1.04 bits per heavy atom. The molecule has 0 heterocycles. The number of carbonyl (C=O) groups is 1. The van der Waals surface area contributed by atoms with Crippen LogP contribution in [-0.4, -0.2) is 75.6 Å². The van der Waals surface area contributed by atoms with E-state index in [1.54, 1.807) is 0 Å². The number of nitrogens with zero attached hydrogens (tertiary/aromatic N) is 1. The van der Waals surface area contributed by atoms with E-state index in [-0.39, 0.29) is 25.8 Å². The SMILES string of the molecule is CCCCCC/C=C\CCCCCCCCOCC(COP(=O)(O)OCC[N+](C)(C)C)OC(=O)CCCCCCC/C=C\CCCCCCC. The lowest BCUT2D eigenvalue weighted by molar-refractivity contribution is -0.870. The number of hydrogen-bond donors (Lipinski definition) is 1. The summed E-state index contributed by atoms with van der Waals surface area (Å²) in [7, 11) is 1.66. The van der Waals surface area contributed by atoms with Crippen LogP contribution in [0.4, 0.5) is 0 Å². The first kappa shape index (κ1) is 49.0. The molecule has 2 unspecified atom stereocenters. The van der Waals surface area contributed by atoms with Gasteiger partial charge in [0.2, 0.25) is 0 Å². The van der Waals surface area contributed by atoms with Crippen LogP contribution in [0.15, 0.2) is 24.3 Å². The summed E-state index contributed by atoms with van der Waals surface area (Å²) in [6, 6.07) is 0. The molecule has 0 aromatic heterocycles. The minimum absolute atomic E-state index is 0.0868. The number of hydrogen-bond acceptors (Lipinski definition) is 6. The summed E-state index contributed by atoms with van der Waals surface area (Å²) in [5.41, 5.74) is 0. The molecule has 0 fully saturated rings. The highest BCUT2D eigenvalue weighted by Gasteiger charge is 2.26. The average molecular weight is 731 g/mol. The Labute approximate surface area is 309 Å². The van der Waals surface area contributed by atoms with E-state index in [2.05, 4.69) is 38.2 Å². The zero-order valence-electron chi connectivity index (χ0n) is 33.4. The molecule has 50 heavy (non-hydrogen) atoms. The second kappa shape index (κ2) is 35.0. The first-order chi connectivity index (χ1) is 24.1. The van der Waals surface area contributed by atoms with Crippen molar-refractivity contribution in [3.63, 3.8) is 0 Å². The summed E-state index contributed by atoms with van der Waals surface area (Å²) < 4.78 is 34.9. The van der Waals surface area contributed by atoms with Gasteiger partial charge >= 0.3 is 13.8 Å². The fourth-order valence-electron chi connectivity index (χ4n) is 5.48. The zero-order valence-corrected chi connectivity index (χ0v) is 34.3. The number of rotatable bonds is 38. The lowest BCUT2D eigenvalue weighted by atomic mass is 10.1. The van der Waals surface area contributed by atoms with Gasteiger partial charge in [-0.2, -0.15) is 0 Å². The van der Waals surface area contributed by atoms with E-state index in [1.807, 2.05) is 21.1 Å². The summed E-state index contributed by atoms with van der Waals surface area (Å²) in [5, 5.41) is 0. The molecule has 0 aliphatic heterocycles. The van der Waals surface area contributed by atoms with E-state index in [4.69, 9.17) is 18.5 Å². The second-order valence-electron chi connectivity index (χ2n) is 15.0. The van der Waals surface area contributed by atoms with Crippen molar-refractivity contribution in [1.29, 1.82) is 0 Å².